The van der Waals surface area contributed by atoms with Crippen LogP contribution in [0.15, 0.2) is 40.0 Å². The number of aliphatic hydroxyl groups is 1. The minimum Gasteiger partial charge on any atom is -0.444 e. The molecule has 2 aliphatic heterocycles. The van der Waals surface area contributed by atoms with Gasteiger partial charge in [0.2, 0.25) is 0 Å². The normalized spacial score (nSPS) is 18.9. The van der Waals surface area contributed by atoms with E-state index < -0.39 is 41.8 Å². The Kier molecular flexibility index (Phi) is 9.84. The van der Waals surface area contributed by atoms with Gasteiger partial charge in [-0.2, -0.15) is 18.2 Å². The zero-order valence-corrected chi connectivity index (χ0v) is 25.9. The lowest BCUT2D eigenvalue weighted by Gasteiger charge is -2.45. The molecule has 1 fully saturated rings. The van der Waals surface area contributed by atoms with Gasteiger partial charge in [0.25, 0.3) is 0 Å². The van der Waals surface area contributed by atoms with Gasteiger partial charge in [-0.25, -0.2) is 18.4 Å². The van der Waals surface area contributed by atoms with Gasteiger partial charge in [0.15, 0.2) is 6.86 Å². The molecule has 8 nitrogen and oxygen atoms in total. The second-order valence-electron chi connectivity index (χ2n) is 11.7. The number of carbonyl (C=O) groups is 1. The minimum absolute atomic E-state index is 0.0707. The van der Waals surface area contributed by atoms with Crippen molar-refractivity contribution in [2.24, 2.45) is 0 Å². The molecular weight excluding hydrogens is 607 g/mol. The lowest BCUT2D eigenvalue weighted by molar-refractivity contribution is -0.137. The quantitative estimate of drug-likeness (QED) is 0.321. The number of piperazine rings is 1. The summed E-state index contributed by atoms with van der Waals surface area (Å²) in [6, 6.07) is 5.26. The number of ether oxygens (including phenoxy) is 1. The number of amides is 1. The van der Waals surface area contributed by atoms with E-state index in [1.165, 1.54) is 28.5 Å². The first kappa shape index (κ1) is 33.5. The van der Waals surface area contributed by atoms with E-state index in [4.69, 9.17) is 9.84 Å². The van der Waals surface area contributed by atoms with Gasteiger partial charge in [-0.3, -0.25) is 9.47 Å². The van der Waals surface area contributed by atoms with Gasteiger partial charge in [-0.05, 0) is 70.6 Å². The summed E-state index contributed by atoms with van der Waals surface area (Å²) in [5.74, 6) is 0.103. The molecule has 1 N–H and O–H groups in total. The van der Waals surface area contributed by atoms with E-state index in [0.717, 1.165) is 18.2 Å². The number of aryl methyl sites for hydroxylation is 1. The molecule has 240 valence electrons. The third-order valence-electron chi connectivity index (χ3n) is 7.23. The molecule has 1 saturated heterocycles. The Labute approximate surface area is 255 Å². The highest BCUT2D eigenvalue weighted by Gasteiger charge is 2.40. The van der Waals surface area contributed by atoms with E-state index in [1.54, 1.807) is 30.6 Å². The number of hydrogen-bond donors (Lipinski definition) is 1. The molecule has 2 atom stereocenters. The number of aliphatic hydroxyl groups excluding tert-OH is 1. The van der Waals surface area contributed by atoms with Crippen LogP contribution in [-0.4, -0.2) is 69.0 Å². The van der Waals surface area contributed by atoms with E-state index >= 15 is 0 Å². The molecule has 44 heavy (non-hydrogen) atoms. The predicted octanol–water partition coefficient (Wildman–Crippen LogP) is 6.46. The fourth-order valence-corrected chi connectivity index (χ4v) is 6.88. The Morgan fingerprint density at radius 2 is 1.70 bits per heavy atom. The second-order valence-corrected chi connectivity index (χ2v) is 12.8. The van der Waals surface area contributed by atoms with Crippen LogP contribution in [-0.2, 0) is 17.5 Å². The van der Waals surface area contributed by atoms with Crippen molar-refractivity contribution in [3.8, 4) is 11.1 Å². The van der Waals surface area contributed by atoms with Crippen LogP contribution in [0.25, 0.3) is 22.0 Å². The van der Waals surface area contributed by atoms with Crippen molar-refractivity contribution in [1.82, 2.24) is 14.5 Å². The Hall–Kier alpha value is -3.39. The summed E-state index contributed by atoms with van der Waals surface area (Å²) < 4.78 is 74.7. The summed E-state index contributed by atoms with van der Waals surface area (Å²) in [6.45, 7) is 8.57. The number of alkyl halides is 4. The Morgan fingerprint density at radius 1 is 1.11 bits per heavy atom. The fraction of sp³-hybridized carbons (Fsp3) is 0.500. The molecule has 3 heterocycles. The van der Waals surface area contributed by atoms with E-state index in [9.17, 15) is 31.5 Å². The van der Waals surface area contributed by atoms with Crippen LogP contribution in [0.3, 0.4) is 0 Å². The topological polar surface area (TPSA) is 87.9 Å². The summed E-state index contributed by atoms with van der Waals surface area (Å²) in [5, 5.41) is 7.12. The lowest BCUT2D eigenvalue weighted by atomic mass is 9.96. The summed E-state index contributed by atoms with van der Waals surface area (Å²) in [4.78, 5) is 34.4. The van der Waals surface area contributed by atoms with Crippen LogP contribution in [0.5, 0.6) is 0 Å². The molecule has 2 aliphatic rings. The number of halogens is 5. The second kappa shape index (κ2) is 12.9. The number of aromatic nitrogens is 2. The van der Waals surface area contributed by atoms with Crippen molar-refractivity contribution in [2.75, 3.05) is 30.6 Å². The van der Waals surface area contributed by atoms with E-state index in [1.807, 2.05) is 13.8 Å². The monoisotopic (exact) mass is 642 g/mol. The smallest absolute Gasteiger partial charge is 0.417 e. The zero-order chi connectivity index (χ0) is 32.6. The summed E-state index contributed by atoms with van der Waals surface area (Å²) in [6.07, 6.45) is -4.63. The summed E-state index contributed by atoms with van der Waals surface area (Å²) >= 11 is 1.26. The van der Waals surface area contributed by atoms with Gasteiger partial charge < -0.3 is 14.7 Å². The first-order chi connectivity index (χ1) is 20.6. The van der Waals surface area contributed by atoms with Crippen molar-refractivity contribution in [2.45, 2.75) is 76.3 Å². The summed E-state index contributed by atoms with van der Waals surface area (Å²) in [7, 11) is 0. The van der Waals surface area contributed by atoms with Crippen molar-refractivity contribution in [1.29, 1.82) is 0 Å². The zero-order valence-electron chi connectivity index (χ0n) is 25.0. The summed E-state index contributed by atoms with van der Waals surface area (Å²) in [5.41, 5.74) is -1.57. The number of thioether (sulfide) groups is 1. The molecule has 14 heteroatoms. The number of nitrogens with zero attached hydrogens (tertiary/aromatic N) is 4. The average molecular weight is 643 g/mol. The molecule has 5 rings (SSSR count). The molecule has 3 aromatic rings. The van der Waals surface area contributed by atoms with Crippen LogP contribution in [0.1, 0.15) is 46.6 Å². The number of anilines is 1. The van der Waals surface area contributed by atoms with Crippen LogP contribution in [0.4, 0.5) is 32.6 Å². The number of hydrogen-bond acceptors (Lipinski definition) is 7. The first-order valence-electron chi connectivity index (χ1n) is 14.1. The maximum atomic E-state index is 14.7. The van der Waals surface area contributed by atoms with Crippen LogP contribution < -0.4 is 10.6 Å². The van der Waals surface area contributed by atoms with E-state index in [2.05, 4.69) is 4.98 Å². The predicted molar refractivity (Wildman–Crippen MR) is 159 cm³/mol. The van der Waals surface area contributed by atoms with Crippen LogP contribution >= 0.6 is 11.8 Å². The minimum atomic E-state index is -4.73. The van der Waals surface area contributed by atoms with Gasteiger partial charge in [0, 0.05) is 35.5 Å². The van der Waals surface area contributed by atoms with E-state index in [0.29, 0.717) is 29.1 Å². The lowest BCUT2D eigenvalue weighted by Crippen LogP contribution is -2.59. The third kappa shape index (κ3) is 6.96. The average Bonchev–Trinajstić information content (AvgIpc) is 3.13. The van der Waals surface area contributed by atoms with Crippen LogP contribution in [0, 0.1) is 5.82 Å². The van der Waals surface area contributed by atoms with Crippen molar-refractivity contribution < 1.29 is 36.6 Å². The van der Waals surface area contributed by atoms with Gasteiger partial charge in [-0.1, -0.05) is 12.1 Å². The third-order valence-corrected chi connectivity index (χ3v) is 8.41. The molecule has 2 aromatic carbocycles. The largest absolute Gasteiger partial charge is 0.444 e. The first-order valence-corrected chi connectivity index (χ1v) is 15.1. The fourth-order valence-electron chi connectivity index (χ4n) is 5.68. The van der Waals surface area contributed by atoms with Gasteiger partial charge >= 0.3 is 18.0 Å². The van der Waals surface area contributed by atoms with Crippen molar-refractivity contribution in [3.05, 3.63) is 52.2 Å². The number of benzene rings is 2. The molecular formula is C30H35F5N4O4S. The molecule has 2 unspecified atom stereocenters. The number of carbonyl (C=O) groups excluding carboxylic acids is 1. The molecule has 0 aliphatic carbocycles. The van der Waals surface area contributed by atoms with Gasteiger partial charge in [0.1, 0.15) is 17.2 Å². The molecule has 0 saturated carbocycles. The maximum absolute atomic E-state index is 14.7. The Balaban J connectivity index is 0.00000141. The van der Waals surface area contributed by atoms with Gasteiger partial charge in [0.05, 0.1) is 23.2 Å². The van der Waals surface area contributed by atoms with Crippen molar-refractivity contribution >= 4 is 34.6 Å². The number of rotatable bonds is 2. The molecule has 1 aromatic heterocycles. The Bertz CT molecular complexity index is 1560. The van der Waals surface area contributed by atoms with Crippen LogP contribution in [0.2, 0.25) is 0 Å². The standard InChI is InChI=1S/C29H32F4N4O3S.CH3FO/c1-16-14-35(15-17(2)37(16)27(39)40-28(3,4)5)25-20-13-21(29(31,32)33)22(18-7-9-19(30)10-8-18)24-23(20)36(26(38)34-25)11-6-12-41-24;2-1-3/h7-10,13,16-17H,6,11-12,14-15H2,1-5H3;3H,1H2. The highest BCUT2D eigenvalue weighted by molar-refractivity contribution is 7.99. The Morgan fingerprint density at radius 3 is 2.25 bits per heavy atom. The molecule has 0 bridgehead atoms. The van der Waals surface area contributed by atoms with Crippen molar-refractivity contribution in [3.63, 3.8) is 0 Å². The molecule has 0 radical (unpaired) electrons. The highest BCUT2D eigenvalue weighted by atomic mass is 32.2. The van der Waals surface area contributed by atoms with E-state index in [-0.39, 0.29) is 47.5 Å². The SMILES string of the molecule is CC1CN(c2nc(=O)n3c4c(c(-c5ccc(F)cc5)c(C(F)(F)F)cc24)SCCC3)CC(C)N1C(=O)OC(C)(C)C.OCF. The molecule has 0 spiro atoms. The highest BCUT2D eigenvalue weighted by Crippen LogP contribution is 2.48. The molecule has 1 amide bonds. The maximum Gasteiger partial charge on any atom is 0.417 e. The van der Waals surface area contributed by atoms with Gasteiger partial charge in [-0.15, -0.1) is 11.8 Å².